The van der Waals surface area contributed by atoms with Gasteiger partial charge in [0.2, 0.25) is 5.91 Å². The van der Waals surface area contributed by atoms with Crippen molar-refractivity contribution >= 4 is 33.8 Å². The van der Waals surface area contributed by atoms with Crippen LogP contribution in [0.3, 0.4) is 0 Å². The molecule has 2 aliphatic heterocycles. The highest BCUT2D eigenvalue weighted by atomic mass is 32.3. The first-order chi connectivity index (χ1) is 18.2. The predicted octanol–water partition coefficient (Wildman–Crippen LogP) is 3.70. The van der Waals surface area contributed by atoms with Crippen LogP contribution in [-0.4, -0.2) is 57.6 Å². The summed E-state index contributed by atoms with van der Waals surface area (Å²) < 4.78 is 34.1. The fourth-order valence-electron chi connectivity index (χ4n) is 5.02. The molecule has 0 bridgehead atoms. The molecule has 3 aromatic rings. The number of para-hydroxylation sites is 1. The molecule has 9 nitrogen and oxygen atoms in total. The average Bonchev–Trinajstić information content (AvgIpc) is 3.34. The number of nitrogens with one attached hydrogen (secondary N) is 2. The Hall–Kier alpha value is -3.64. The van der Waals surface area contributed by atoms with E-state index in [0.29, 0.717) is 35.8 Å². The highest BCUT2D eigenvalue weighted by molar-refractivity contribution is 8.24. The van der Waals surface area contributed by atoms with Gasteiger partial charge in [0, 0.05) is 37.4 Å². The lowest BCUT2D eigenvalue weighted by molar-refractivity contribution is -0.133. The van der Waals surface area contributed by atoms with Crippen molar-refractivity contribution in [3.05, 3.63) is 89.7 Å². The number of hydroxylamine groups is 1. The Bertz CT molecular complexity index is 1320. The van der Waals surface area contributed by atoms with E-state index in [-0.39, 0.29) is 24.0 Å². The van der Waals surface area contributed by atoms with E-state index >= 15 is 0 Å². The standard InChI is InChI=1S/C27H29FN4O5S/c28-20-9-11-21(12-10-20)32-16-22(27(34)30-35)23(17-32)29-26(33)19-7-5-18(6-8-19)15-31-13-14-38(36,37)25-4-2-1-3-24(25)31/h1-12,22-23,35-37H,13-17H2,(H,29,33)(H,30,34)/t22-,23+/m0/s1. The van der Waals surface area contributed by atoms with Crippen LogP contribution in [0, 0.1) is 11.7 Å². The van der Waals surface area contributed by atoms with Gasteiger partial charge in [-0.1, -0.05) is 24.3 Å². The maximum Gasteiger partial charge on any atom is 0.251 e. The van der Waals surface area contributed by atoms with Crippen LogP contribution in [0.2, 0.25) is 0 Å². The zero-order valence-electron chi connectivity index (χ0n) is 20.5. The Morgan fingerprint density at radius 1 is 0.974 bits per heavy atom. The highest BCUT2D eigenvalue weighted by Gasteiger charge is 2.39. The Kier molecular flexibility index (Phi) is 7.26. The van der Waals surface area contributed by atoms with Crippen molar-refractivity contribution < 1.29 is 28.3 Å². The molecule has 38 heavy (non-hydrogen) atoms. The Balaban J connectivity index is 1.26. The largest absolute Gasteiger partial charge is 0.369 e. The van der Waals surface area contributed by atoms with Crippen molar-refractivity contribution in [3.8, 4) is 0 Å². The van der Waals surface area contributed by atoms with Gasteiger partial charge in [0.15, 0.2) is 0 Å². The molecular formula is C27H29FN4O5S. The van der Waals surface area contributed by atoms with Crippen LogP contribution < -0.4 is 20.6 Å². The van der Waals surface area contributed by atoms with Crippen molar-refractivity contribution in [1.29, 1.82) is 0 Å². The number of rotatable bonds is 6. The van der Waals surface area contributed by atoms with E-state index in [1.54, 1.807) is 41.9 Å². The third-order valence-electron chi connectivity index (χ3n) is 7.07. The Morgan fingerprint density at radius 2 is 1.68 bits per heavy atom. The van der Waals surface area contributed by atoms with Crippen LogP contribution in [0.1, 0.15) is 15.9 Å². The smallest absolute Gasteiger partial charge is 0.251 e. The van der Waals surface area contributed by atoms with Crippen LogP contribution in [0.4, 0.5) is 15.8 Å². The second-order valence-electron chi connectivity index (χ2n) is 9.50. The quantitative estimate of drug-likeness (QED) is 0.239. The number of anilines is 2. The maximum absolute atomic E-state index is 13.3. The van der Waals surface area contributed by atoms with Crippen molar-refractivity contribution in [2.45, 2.75) is 17.5 Å². The van der Waals surface area contributed by atoms with Crippen molar-refractivity contribution in [3.63, 3.8) is 0 Å². The first kappa shape index (κ1) is 26.0. The second-order valence-corrected chi connectivity index (χ2v) is 11.7. The second kappa shape index (κ2) is 10.6. The van der Waals surface area contributed by atoms with Gasteiger partial charge in [0.05, 0.1) is 28.3 Å². The van der Waals surface area contributed by atoms with Crippen LogP contribution in [-0.2, 0) is 11.3 Å². The predicted molar refractivity (Wildman–Crippen MR) is 143 cm³/mol. The van der Waals surface area contributed by atoms with Gasteiger partial charge < -0.3 is 15.1 Å². The zero-order valence-corrected chi connectivity index (χ0v) is 21.3. The van der Waals surface area contributed by atoms with E-state index in [4.69, 9.17) is 0 Å². The molecular weight excluding hydrogens is 511 g/mol. The van der Waals surface area contributed by atoms with E-state index in [1.807, 2.05) is 29.2 Å². The fraction of sp³-hybridized carbons (Fsp3) is 0.259. The zero-order chi connectivity index (χ0) is 26.9. The van der Waals surface area contributed by atoms with E-state index in [9.17, 15) is 28.3 Å². The molecule has 200 valence electrons. The number of hydrogen-bond acceptors (Lipinski definition) is 7. The molecule has 5 rings (SSSR count). The SMILES string of the molecule is O=C(N[C@@H]1CN(c2ccc(F)cc2)C[C@@H]1C(=O)NO)c1ccc(CN2CCS(O)(O)c3ccccc32)cc1. The number of fused-ring (bicyclic) bond motifs is 1. The van der Waals surface area contributed by atoms with E-state index in [0.717, 1.165) is 11.3 Å². The van der Waals surface area contributed by atoms with Gasteiger partial charge in [-0.15, -0.1) is 0 Å². The summed E-state index contributed by atoms with van der Waals surface area (Å²) >= 11 is 0. The summed E-state index contributed by atoms with van der Waals surface area (Å²) in [5, 5.41) is 12.1. The summed E-state index contributed by atoms with van der Waals surface area (Å²) in [5.74, 6) is -1.75. The molecule has 0 aromatic heterocycles. The Labute approximate surface area is 221 Å². The molecule has 0 spiro atoms. The minimum absolute atomic E-state index is 0.254. The maximum atomic E-state index is 13.3. The number of halogens is 1. The fourth-order valence-corrected chi connectivity index (χ4v) is 6.55. The summed E-state index contributed by atoms with van der Waals surface area (Å²) in [4.78, 5) is 29.8. The van der Waals surface area contributed by atoms with Crippen molar-refractivity contribution in [2.24, 2.45) is 5.92 Å². The lowest BCUT2D eigenvalue weighted by Crippen LogP contribution is -2.45. The summed E-state index contributed by atoms with van der Waals surface area (Å²) in [7, 11) is -2.79. The monoisotopic (exact) mass is 540 g/mol. The molecule has 2 amide bonds. The average molecular weight is 541 g/mol. The molecule has 0 aliphatic carbocycles. The van der Waals surface area contributed by atoms with E-state index in [2.05, 4.69) is 10.2 Å². The van der Waals surface area contributed by atoms with Crippen LogP contribution >= 0.6 is 10.6 Å². The summed E-state index contributed by atoms with van der Waals surface area (Å²) in [6.45, 7) is 1.62. The van der Waals surface area contributed by atoms with Crippen LogP contribution in [0.5, 0.6) is 0 Å². The first-order valence-electron chi connectivity index (χ1n) is 12.2. The van der Waals surface area contributed by atoms with Crippen LogP contribution in [0.15, 0.2) is 77.7 Å². The summed E-state index contributed by atoms with van der Waals surface area (Å²) in [6.07, 6.45) is 0. The lowest BCUT2D eigenvalue weighted by atomic mass is 10.0. The minimum Gasteiger partial charge on any atom is -0.369 e. The van der Waals surface area contributed by atoms with E-state index in [1.165, 1.54) is 12.1 Å². The van der Waals surface area contributed by atoms with Gasteiger partial charge in [0.1, 0.15) is 5.82 Å². The molecule has 2 aliphatic rings. The number of carbonyl (C=O) groups excluding carboxylic acids is 2. The normalized spacial score (nSPS) is 20.9. The number of nitrogens with zero attached hydrogens (tertiary/aromatic N) is 2. The van der Waals surface area contributed by atoms with Gasteiger partial charge in [-0.2, -0.15) is 10.6 Å². The highest BCUT2D eigenvalue weighted by Crippen LogP contribution is 2.55. The molecule has 1 fully saturated rings. The van der Waals surface area contributed by atoms with Gasteiger partial charge in [-0.05, 0) is 54.1 Å². The molecule has 2 atom stereocenters. The number of benzene rings is 3. The molecule has 0 saturated carbocycles. The summed E-state index contributed by atoms with van der Waals surface area (Å²) in [6, 6.07) is 19.7. The summed E-state index contributed by atoms with van der Waals surface area (Å²) in [5.41, 5.74) is 4.56. The molecule has 5 N–H and O–H groups in total. The van der Waals surface area contributed by atoms with E-state index < -0.39 is 28.5 Å². The minimum atomic E-state index is -2.79. The van der Waals surface area contributed by atoms with Gasteiger partial charge in [-0.25, -0.2) is 9.87 Å². The number of hydrogen-bond donors (Lipinski definition) is 5. The van der Waals surface area contributed by atoms with Crippen molar-refractivity contribution in [1.82, 2.24) is 10.8 Å². The molecule has 0 unspecified atom stereocenters. The molecule has 2 heterocycles. The topological polar surface area (TPSA) is 125 Å². The van der Waals surface area contributed by atoms with Gasteiger partial charge >= 0.3 is 0 Å². The Morgan fingerprint density at radius 3 is 2.39 bits per heavy atom. The third-order valence-corrected chi connectivity index (χ3v) is 8.87. The molecule has 11 heteroatoms. The number of carbonyl (C=O) groups is 2. The molecule has 3 aromatic carbocycles. The molecule has 0 radical (unpaired) electrons. The molecule has 1 saturated heterocycles. The third kappa shape index (κ3) is 5.32. The number of amides is 2. The van der Waals surface area contributed by atoms with Crippen molar-refractivity contribution in [2.75, 3.05) is 35.2 Å². The van der Waals surface area contributed by atoms with Gasteiger partial charge in [-0.3, -0.25) is 23.9 Å². The lowest BCUT2D eigenvalue weighted by Gasteiger charge is -2.43. The van der Waals surface area contributed by atoms with Crippen LogP contribution in [0.25, 0.3) is 0 Å². The van der Waals surface area contributed by atoms with Gasteiger partial charge in [0.25, 0.3) is 5.91 Å². The first-order valence-corrected chi connectivity index (χ1v) is 13.9.